The third-order valence-electron chi connectivity index (χ3n) is 4.06. The molecule has 1 fully saturated rings. The van der Waals surface area contributed by atoms with Gasteiger partial charge in [-0.1, -0.05) is 13.8 Å². The van der Waals surface area contributed by atoms with Crippen LogP contribution in [-0.2, 0) is 0 Å². The van der Waals surface area contributed by atoms with Crippen molar-refractivity contribution in [2.75, 3.05) is 42.6 Å². The van der Waals surface area contributed by atoms with Gasteiger partial charge in [0.1, 0.15) is 0 Å². The summed E-state index contributed by atoms with van der Waals surface area (Å²) in [4.78, 5) is 19.5. The van der Waals surface area contributed by atoms with Gasteiger partial charge >= 0.3 is 0 Å². The second-order valence-corrected chi connectivity index (χ2v) is 7.71. The molecule has 2 aromatic rings. The molecule has 0 aliphatic carbocycles. The second-order valence-electron chi connectivity index (χ2n) is 6.53. The van der Waals surface area contributed by atoms with Crippen LogP contribution in [0.15, 0.2) is 12.4 Å². The van der Waals surface area contributed by atoms with Crippen molar-refractivity contribution in [1.29, 1.82) is 0 Å². The summed E-state index contributed by atoms with van der Waals surface area (Å²) in [6.45, 7) is 12.8. The van der Waals surface area contributed by atoms with Gasteiger partial charge in [-0.2, -0.15) is 4.98 Å². The summed E-state index contributed by atoms with van der Waals surface area (Å²) in [5.41, 5.74) is 1.14. The van der Waals surface area contributed by atoms with Crippen molar-refractivity contribution in [3.63, 3.8) is 0 Å². The minimum atomic E-state index is 0.476. The molecule has 0 radical (unpaired) electrons. The van der Waals surface area contributed by atoms with Crippen molar-refractivity contribution >= 4 is 22.3 Å². The first-order chi connectivity index (χ1) is 11.5. The third kappa shape index (κ3) is 3.95. The van der Waals surface area contributed by atoms with Crippen molar-refractivity contribution in [3.8, 4) is 5.88 Å². The maximum Gasteiger partial charge on any atom is 0.234 e. The lowest BCUT2D eigenvalue weighted by atomic mass is 10.2. The number of aryl methyl sites for hydroxylation is 2. The van der Waals surface area contributed by atoms with Crippen LogP contribution in [0.25, 0.3) is 0 Å². The molecule has 0 aromatic carbocycles. The minimum absolute atomic E-state index is 0.476. The zero-order valence-electron chi connectivity index (χ0n) is 14.8. The van der Waals surface area contributed by atoms with Crippen LogP contribution in [0, 0.1) is 19.8 Å². The quantitative estimate of drug-likeness (QED) is 0.829. The van der Waals surface area contributed by atoms with Crippen LogP contribution in [0.4, 0.5) is 10.9 Å². The lowest BCUT2D eigenvalue weighted by Gasteiger charge is -2.35. The van der Waals surface area contributed by atoms with E-state index < -0.39 is 0 Å². The van der Waals surface area contributed by atoms with Crippen molar-refractivity contribution in [2.45, 2.75) is 27.7 Å². The van der Waals surface area contributed by atoms with E-state index in [1.807, 2.05) is 6.20 Å². The molecule has 0 bridgehead atoms. The van der Waals surface area contributed by atoms with Gasteiger partial charge in [0.2, 0.25) is 5.88 Å². The van der Waals surface area contributed by atoms with E-state index in [4.69, 9.17) is 4.74 Å². The molecular weight excluding hydrogens is 322 g/mol. The Morgan fingerprint density at radius 3 is 2.42 bits per heavy atom. The minimum Gasteiger partial charge on any atom is -0.476 e. The Kier molecular flexibility index (Phi) is 5.18. The Hall–Kier alpha value is -1.89. The van der Waals surface area contributed by atoms with Crippen LogP contribution in [0.2, 0.25) is 0 Å². The summed E-state index contributed by atoms with van der Waals surface area (Å²) in [5.74, 6) is 1.97. The zero-order chi connectivity index (χ0) is 17.1. The molecule has 0 amide bonds. The Balaban J connectivity index is 1.61. The summed E-state index contributed by atoms with van der Waals surface area (Å²) >= 11 is 1.78. The van der Waals surface area contributed by atoms with E-state index in [1.54, 1.807) is 17.5 Å². The van der Waals surface area contributed by atoms with E-state index in [1.165, 1.54) is 4.88 Å². The highest BCUT2D eigenvalue weighted by Crippen LogP contribution is 2.26. The predicted molar refractivity (Wildman–Crippen MR) is 98.4 cm³/mol. The second kappa shape index (κ2) is 7.34. The maximum atomic E-state index is 5.69. The number of rotatable bonds is 5. The monoisotopic (exact) mass is 347 g/mol. The van der Waals surface area contributed by atoms with Crippen LogP contribution in [-0.4, -0.2) is 47.7 Å². The molecule has 0 saturated carbocycles. The highest BCUT2D eigenvalue weighted by atomic mass is 32.1. The summed E-state index contributed by atoms with van der Waals surface area (Å²) in [6, 6.07) is 0. The van der Waals surface area contributed by atoms with Gasteiger partial charge in [0.15, 0.2) is 10.9 Å². The average molecular weight is 347 g/mol. The number of anilines is 2. The molecule has 2 aromatic heterocycles. The Morgan fingerprint density at radius 2 is 1.79 bits per heavy atom. The fraction of sp³-hybridized carbons (Fsp3) is 0.588. The SMILES string of the molecule is Cc1nc(N2CCN(c3cncc(OCC(C)C)n3)CC2)sc1C. The fourth-order valence-corrected chi connectivity index (χ4v) is 3.49. The normalized spacial score (nSPS) is 15.2. The number of aromatic nitrogens is 3. The Bertz CT molecular complexity index is 660. The number of hydrogen-bond acceptors (Lipinski definition) is 7. The molecule has 1 aliphatic heterocycles. The topological polar surface area (TPSA) is 54.4 Å². The first kappa shape index (κ1) is 17.0. The summed E-state index contributed by atoms with van der Waals surface area (Å²) in [6.07, 6.45) is 3.50. The molecule has 24 heavy (non-hydrogen) atoms. The Morgan fingerprint density at radius 1 is 1.08 bits per heavy atom. The Labute approximate surface area is 147 Å². The molecule has 0 unspecified atom stereocenters. The molecular formula is C17H25N5OS. The average Bonchev–Trinajstić information content (AvgIpc) is 2.92. The summed E-state index contributed by atoms with van der Waals surface area (Å²) in [7, 11) is 0. The number of ether oxygens (including phenoxy) is 1. The lowest BCUT2D eigenvalue weighted by molar-refractivity contribution is 0.260. The van der Waals surface area contributed by atoms with Crippen LogP contribution >= 0.6 is 11.3 Å². The van der Waals surface area contributed by atoms with Gasteiger partial charge in [-0.05, 0) is 19.8 Å². The molecule has 0 atom stereocenters. The summed E-state index contributed by atoms with van der Waals surface area (Å²) in [5, 5.41) is 1.13. The van der Waals surface area contributed by atoms with Gasteiger partial charge in [0.05, 0.1) is 24.7 Å². The van der Waals surface area contributed by atoms with E-state index in [9.17, 15) is 0 Å². The van der Waals surface area contributed by atoms with Gasteiger partial charge in [-0.25, -0.2) is 4.98 Å². The molecule has 3 rings (SSSR count). The lowest BCUT2D eigenvalue weighted by Crippen LogP contribution is -2.46. The molecule has 0 N–H and O–H groups in total. The molecule has 0 spiro atoms. The third-order valence-corrected chi connectivity index (χ3v) is 5.19. The number of piperazine rings is 1. The molecule has 1 saturated heterocycles. The van der Waals surface area contributed by atoms with Crippen LogP contribution < -0.4 is 14.5 Å². The smallest absolute Gasteiger partial charge is 0.234 e. The zero-order valence-corrected chi connectivity index (χ0v) is 15.6. The van der Waals surface area contributed by atoms with E-state index in [0.29, 0.717) is 18.4 Å². The molecule has 3 heterocycles. The molecule has 130 valence electrons. The van der Waals surface area contributed by atoms with E-state index in [2.05, 4.69) is 52.4 Å². The number of hydrogen-bond donors (Lipinski definition) is 0. The van der Waals surface area contributed by atoms with Gasteiger partial charge < -0.3 is 14.5 Å². The first-order valence-electron chi connectivity index (χ1n) is 8.41. The summed E-state index contributed by atoms with van der Waals surface area (Å²) < 4.78 is 5.69. The van der Waals surface area contributed by atoms with Crippen molar-refractivity contribution in [3.05, 3.63) is 23.0 Å². The van der Waals surface area contributed by atoms with E-state index in [0.717, 1.165) is 42.8 Å². The standard InChI is InChI=1S/C17H25N5OS/c1-12(2)11-23-16-10-18-9-15(20-16)21-5-7-22(8-6-21)17-19-13(3)14(4)24-17/h9-10,12H,5-8,11H2,1-4H3. The van der Waals surface area contributed by atoms with Gasteiger partial charge in [-0.15, -0.1) is 11.3 Å². The van der Waals surface area contributed by atoms with Crippen LogP contribution in [0.3, 0.4) is 0 Å². The highest BCUT2D eigenvalue weighted by molar-refractivity contribution is 7.15. The van der Waals surface area contributed by atoms with Gasteiger partial charge in [0.25, 0.3) is 0 Å². The van der Waals surface area contributed by atoms with Crippen molar-refractivity contribution in [2.24, 2.45) is 5.92 Å². The predicted octanol–water partition coefficient (Wildman–Crippen LogP) is 2.91. The van der Waals surface area contributed by atoms with Crippen LogP contribution in [0.1, 0.15) is 24.4 Å². The van der Waals surface area contributed by atoms with E-state index in [-0.39, 0.29) is 0 Å². The molecule has 6 nitrogen and oxygen atoms in total. The van der Waals surface area contributed by atoms with E-state index >= 15 is 0 Å². The number of nitrogens with zero attached hydrogens (tertiary/aromatic N) is 5. The van der Waals surface area contributed by atoms with Crippen molar-refractivity contribution in [1.82, 2.24) is 15.0 Å². The van der Waals surface area contributed by atoms with Gasteiger partial charge in [-0.3, -0.25) is 4.98 Å². The first-order valence-corrected chi connectivity index (χ1v) is 9.23. The number of thiazole rings is 1. The van der Waals surface area contributed by atoms with Crippen molar-refractivity contribution < 1.29 is 4.74 Å². The van der Waals surface area contributed by atoms with Crippen LogP contribution in [0.5, 0.6) is 5.88 Å². The fourth-order valence-electron chi connectivity index (χ4n) is 2.53. The largest absolute Gasteiger partial charge is 0.476 e. The molecule has 7 heteroatoms. The van der Waals surface area contributed by atoms with Gasteiger partial charge in [0, 0.05) is 31.1 Å². The maximum absolute atomic E-state index is 5.69. The highest BCUT2D eigenvalue weighted by Gasteiger charge is 2.21. The molecule has 1 aliphatic rings.